The number of carbonyl (C=O) groups is 1. The van der Waals surface area contributed by atoms with Gasteiger partial charge in [0.15, 0.2) is 0 Å². The van der Waals surface area contributed by atoms with Crippen molar-refractivity contribution in [3.63, 3.8) is 0 Å². The average Bonchev–Trinajstić information content (AvgIpc) is 2.49. The molecule has 1 amide bonds. The Morgan fingerprint density at radius 3 is 2.45 bits per heavy atom. The predicted octanol–water partition coefficient (Wildman–Crippen LogP) is 3.85. The fourth-order valence-corrected chi connectivity index (χ4v) is 2.23. The van der Waals surface area contributed by atoms with Crippen LogP contribution in [0.15, 0.2) is 36.4 Å². The maximum absolute atomic E-state index is 12.2. The van der Waals surface area contributed by atoms with Crippen molar-refractivity contribution >= 4 is 34.6 Å². The Kier molecular flexibility index (Phi) is 4.62. The van der Waals surface area contributed by atoms with Gasteiger partial charge in [-0.05, 0) is 36.8 Å². The number of nitro benzene ring substituents is 1. The number of amides is 1. The second-order valence-corrected chi connectivity index (χ2v) is 5.08. The van der Waals surface area contributed by atoms with Gasteiger partial charge in [-0.2, -0.15) is 0 Å². The Hall–Kier alpha value is -2.60. The summed E-state index contributed by atoms with van der Waals surface area (Å²) in [5.41, 5.74) is 1.79. The minimum Gasteiger partial charge on any atom is -0.383 e. The van der Waals surface area contributed by atoms with Crippen LogP contribution in [0, 0.1) is 17.0 Å². The monoisotopic (exact) mass is 319 g/mol. The molecule has 22 heavy (non-hydrogen) atoms. The molecule has 0 aliphatic heterocycles. The molecule has 2 aromatic carbocycles. The lowest BCUT2D eigenvalue weighted by atomic mass is 10.1. The minimum absolute atomic E-state index is 0.162. The first kappa shape index (κ1) is 15.8. The molecule has 0 unspecified atom stereocenters. The van der Waals surface area contributed by atoms with Gasteiger partial charge in [0.05, 0.1) is 15.6 Å². The van der Waals surface area contributed by atoms with Gasteiger partial charge < -0.3 is 10.6 Å². The number of aryl methyl sites for hydroxylation is 1. The van der Waals surface area contributed by atoms with Gasteiger partial charge in [-0.15, -0.1) is 0 Å². The summed E-state index contributed by atoms with van der Waals surface area (Å²) in [6.07, 6.45) is 0. The maximum Gasteiger partial charge on any atom is 0.293 e. The lowest BCUT2D eigenvalue weighted by Gasteiger charge is -2.09. The third kappa shape index (κ3) is 3.35. The third-order valence-electron chi connectivity index (χ3n) is 3.10. The average molecular weight is 320 g/mol. The first-order valence-electron chi connectivity index (χ1n) is 6.46. The lowest BCUT2D eigenvalue weighted by Crippen LogP contribution is -2.13. The molecule has 0 aromatic heterocycles. The van der Waals surface area contributed by atoms with Crippen molar-refractivity contribution in [2.24, 2.45) is 0 Å². The Morgan fingerprint density at radius 1 is 1.18 bits per heavy atom. The molecule has 114 valence electrons. The van der Waals surface area contributed by atoms with E-state index >= 15 is 0 Å². The van der Waals surface area contributed by atoms with E-state index in [9.17, 15) is 14.9 Å². The van der Waals surface area contributed by atoms with Crippen LogP contribution in [0.1, 0.15) is 15.9 Å². The Labute approximate surface area is 132 Å². The molecule has 0 atom stereocenters. The van der Waals surface area contributed by atoms with Crippen LogP contribution < -0.4 is 10.6 Å². The van der Waals surface area contributed by atoms with Crippen LogP contribution in [0.25, 0.3) is 0 Å². The smallest absolute Gasteiger partial charge is 0.293 e. The lowest BCUT2D eigenvalue weighted by molar-refractivity contribution is -0.384. The number of nitro groups is 1. The molecule has 0 aliphatic rings. The highest BCUT2D eigenvalue weighted by Crippen LogP contribution is 2.27. The summed E-state index contributed by atoms with van der Waals surface area (Å²) in [7, 11) is 1.58. The van der Waals surface area contributed by atoms with E-state index in [1.54, 1.807) is 19.2 Å². The van der Waals surface area contributed by atoms with E-state index in [0.29, 0.717) is 16.4 Å². The topological polar surface area (TPSA) is 84.3 Å². The Morgan fingerprint density at radius 2 is 1.86 bits per heavy atom. The number of halogens is 1. The number of benzene rings is 2. The van der Waals surface area contributed by atoms with Crippen molar-refractivity contribution in [1.82, 2.24) is 0 Å². The van der Waals surface area contributed by atoms with Gasteiger partial charge in [0, 0.05) is 18.7 Å². The molecule has 0 bridgehead atoms. The van der Waals surface area contributed by atoms with Crippen LogP contribution >= 0.6 is 11.6 Å². The summed E-state index contributed by atoms with van der Waals surface area (Å²) in [5, 5.41) is 16.8. The van der Waals surface area contributed by atoms with Crippen LogP contribution in [0.4, 0.5) is 17.1 Å². The molecule has 7 heteroatoms. The predicted molar refractivity (Wildman–Crippen MR) is 86.8 cm³/mol. The van der Waals surface area contributed by atoms with Crippen molar-refractivity contribution in [3.05, 3.63) is 62.7 Å². The first-order chi connectivity index (χ1) is 10.4. The van der Waals surface area contributed by atoms with E-state index in [2.05, 4.69) is 10.6 Å². The van der Waals surface area contributed by atoms with Gasteiger partial charge >= 0.3 is 0 Å². The van der Waals surface area contributed by atoms with E-state index in [-0.39, 0.29) is 11.3 Å². The summed E-state index contributed by atoms with van der Waals surface area (Å²) in [6, 6.07) is 9.45. The normalized spacial score (nSPS) is 10.1. The zero-order valence-corrected chi connectivity index (χ0v) is 12.8. The van der Waals surface area contributed by atoms with Gasteiger partial charge in [0.1, 0.15) is 5.69 Å². The van der Waals surface area contributed by atoms with Gasteiger partial charge in [-0.1, -0.05) is 17.7 Å². The molecule has 2 aromatic rings. The molecule has 0 radical (unpaired) electrons. The molecule has 0 spiro atoms. The minimum atomic E-state index is -0.540. The highest BCUT2D eigenvalue weighted by molar-refractivity contribution is 6.34. The molecule has 6 nitrogen and oxygen atoms in total. The number of rotatable bonds is 4. The van der Waals surface area contributed by atoms with Crippen molar-refractivity contribution in [2.75, 3.05) is 17.7 Å². The quantitative estimate of drug-likeness (QED) is 0.662. The van der Waals surface area contributed by atoms with Crippen LogP contribution in [-0.4, -0.2) is 17.9 Å². The fraction of sp³-hybridized carbons (Fsp3) is 0.133. The van der Waals surface area contributed by atoms with E-state index in [0.717, 1.165) is 5.56 Å². The molecule has 0 fully saturated rings. The first-order valence-corrected chi connectivity index (χ1v) is 6.84. The summed E-state index contributed by atoms with van der Waals surface area (Å²) < 4.78 is 0. The van der Waals surface area contributed by atoms with E-state index in [1.165, 1.54) is 18.2 Å². The molecule has 0 saturated carbocycles. The highest BCUT2D eigenvalue weighted by atomic mass is 35.5. The van der Waals surface area contributed by atoms with Gasteiger partial charge in [0.2, 0.25) is 0 Å². The second-order valence-electron chi connectivity index (χ2n) is 4.68. The van der Waals surface area contributed by atoms with Crippen LogP contribution in [0.2, 0.25) is 5.02 Å². The summed E-state index contributed by atoms with van der Waals surface area (Å²) >= 11 is 6.06. The van der Waals surface area contributed by atoms with Gasteiger partial charge in [-0.3, -0.25) is 14.9 Å². The SMILES string of the molecule is CNc1ccc(C(=O)Nc2ccc(C)cc2Cl)cc1[N+](=O)[O-]. The summed E-state index contributed by atoms with van der Waals surface area (Å²) in [4.78, 5) is 22.7. The van der Waals surface area contributed by atoms with E-state index < -0.39 is 10.8 Å². The second kappa shape index (κ2) is 6.44. The number of anilines is 2. The van der Waals surface area contributed by atoms with Crippen molar-refractivity contribution in [1.29, 1.82) is 0 Å². The molecular weight excluding hydrogens is 306 g/mol. The molecule has 2 rings (SSSR count). The van der Waals surface area contributed by atoms with Crippen LogP contribution in [-0.2, 0) is 0 Å². The van der Waals surface area contributed by atoms with Gasteiger partial charge in [-0.25, -0.2) is 0 Å². The number of nitrogens with zero attached hydrogens (tertiary/aromatic N) is 1. The van der Waals surface area contributed by atoms with Crippen LogP contribution in [0.5, 0.6) is 0 Å². The maximum atomic E-state index is 12.2. The third-order valence-corrected chi connectivity index (χ3v) is 3.41. The fourth-order valence-electron chi connectivity index (χ4n) is 1.95. The molecular formula is C15H14ClN3O3. The van der Waals surface area contributed by atoms with Crippen LogP contribution in [0.3, 0.4) is 0 Å². The summed E-state index contributed by atoms with van der Waals surface area (Å²) in [5.74, 6) is -0.462. The summed E-state index contributed by atoms with van der Waals surface area (Å²) in [6.45, 7) is 1.89. The largest absolute Gasteiger partial charge is 0.383 e. The Bertz CT molecular complexity index is 747. The zero-order valence-electron chi connectivity index (χ0n) is 12.0. The number of hydrogen-bond acceptors (Lipinski definition) is 4. The number of nitrogens with one attached hydrogen (secondary N) is 2. The van der Waals surface area contributed by atoms with E-state index in [4.69, 9.17) is 11.6 Å². The standard InChI is InChI=1S/C15H14ClN3O3/c1-9-3-5-12(11(16)7-9)18-15(20)10-4-6-13(17-2)14(8-10)19(21)22/h3-8,17H,1-2H3,(H,18,20). The van der Waals surface area contributed by atoms with Crippen molar-refractivity contribution in [3.8, 4) is 0 Å². The number of carbonyl (C=O) groups excluding carboxylic acids is 1. The molecule has 2 N–H and O–H groups in total. The molecule has 0 saturated heterocycles. The highest BCUT2D eigenvalue weighted by Gasteiger charge is 2.17. The molecule has 0 aliphatic carbocycles. The van der Waals surface area contributed by atoms with Crippen molar-refractivity contribution in [2.45, 2.75) is 6.92 Å². The number of hydrogen-bond donors (Lipinski definition) is 2. The zero-order chi connectivity index (χ0) is 16.3. The molecule has 0 heterocycles. The Balaban J connectivity index is 2.30. The van der Waals surface area contributed by atoms with Crippen molar-refractivity contribution < 1.29 is 9.72 Å². The van der Waals surface area contributed by atoms with E-state index in [1.807, 2.05) is 13.0 Å². The van der Waals surface area contributed by atoms with Gasteiger partial charge in [0.25, 0.3) is 11.6 Å².